The van der Waals surface area contributed by atoms with Crippen molar-refractivity contribution in [3.05, 3.63) is 24.0 Å². The molecule has 1 atom stereocenters. The summed E-state index contributed by atoms with van der Waals surface area (Å²) in [5, 5.41) is 2.70. The standard InChI is InChI=1S/C14H22FN3O2/c1-4-18(10(2)9-20-3)8-14(19)17-11-5-6-12(15)13(16)7-11/h5-7,10H,4,8-9,16H2,1-3H3,(H,17,19). The van der Waals surface area contributed by atoms with Gasteiger partial charge in [0, 0.05) is 18.8 Å². The summed E-state index contributed by atoms with van der Waals surface area (Å²) in [7, 11) is 1.63. The lowest BCUT2D eigenvalue weighted by atomic mass is 10.2. The summed E-state index contributed by atoms with van der Waals surface area (Å²) in [6.45, 7) is 5.53. The number of nitrogens with two attached hydrogens (primary N) is 1. The maximum atomic E-state index is 13.0. The highest BCUT2D eigenvalue weighted by Gasteiger charge is 2.15. The molecule has 0 aliphatic heterocycles. The Bertz CT molecular complexity index is 454. The second-order valence-corrected chi connectivity index (χ2v) is 4.65. The average molecular weight is 283 g/mol. The molecule has 6 heteroatoms. The molecule has 0 aliphatic carbocycles. The minimum absolute atomic E-state index is 0.0166. The molecular formula is C14H22FN3O2. The summed E-state index contributed by atoms with van der Waals surface area (Å²) in [6, 6.07) is 4.27. The zero-order chi connectivity index (χ0) is 15.1. The second kappa shape index (κ2) is 7.81. The number of nitrogen functional groups attached to an aromatic ring is 1. The molecule has 1 amide bonds. The first-order valence-corrected chi connectivity index (χ1v) is 6.55. The number of carbonyl (C=O) groups excluding carboxylic acids is 1. The number of amides is 1. The first-order valence-electron chi connectivity index (χ1n) is 6.55. The van der Waals surface area contributed by atoms with Gasteiger partial charge in [0.25, 0.3) is 0 Å². The van der Waals surface area contributed by atoms with E-state index in [1.165, 1.54) is 18.2 Å². The van der Waals surface area contributed by atoms with Gasteiger partial charge in [0.15, 0.2) is 0 Å². The van der Waals surface area contributed by atoms with E-state index in [1.54, 1.807) is 7.11 Å². The van der Waals surface area contributed by atoms with Gasteiger partial charge >= 0.3 is 0 Å². The number of methoxy groups -OCH3 is 1. The van der Waals surface area contributed by atoms with Crippen LogP contribution in [0.5, 0.6) is 0 Å². The number of ether oxygens (including phenoxy) is 1. The Morgan fingerprint density at radius 3 is 2.80 bits per heavy atom. The topological polar surface area (TPSA) is 67.6 Å². The van der Waals surface area contributed by atoms with Crippen LogP contribution >= 0.6 is 0 Å². The average Bonchev–Trinajstić information content (AvgIpc) is 2.40. The second-order valence-electron chi connectivity index (χ2n) is 4.65. The summed E-state index contributed by atoms with van der Waals surface area (Å²) in [4.78, 5) is 14.0. The van der Waals surface area contributed by atoms with Gasteiger partial charge in [-0.15, -0.1) is 0 Å². The van der Waals surface area contributed by atoms with Gasteiger partial charge < -0.3 is 15.8 Å². The van der Waals surface area contributed by atoms with Crippen molar-refractivity contribution in [2.45, 2.75) is 19.9 Å². The fourth-order valence-electron chi connectivity index (χ4n) is 1.93. The van der Waals surface area contributed by atoms with Gasteiger partial charge in [-0.1, -0.05) is 6.92 Å². The number of carbonyl (C=O) groups is 1. The summed E-state index contributed by atoms with van der Waals surface area (Å²) in [5.74, 6) is -0.660. The maximum absolute atomic E-state index is 13.0. The first kappa shape index (κ1) is 16.4. The van der Waals surface area contributed by atoms with Crippen LogP contribution in [0.15, 0.2) is 18.2 Å². The predicted octanol–water partition coefficient (Wildman–Crippen LogP) is 1.70. The molecule has 1 aromatic carbocycles. The van der Waals surface area contributed by atoms with Gasteiger partial charge in [0.05, 0.1) is 18.8 Å². The zero-order valence-corrected chi connectivity index (χ0v) is 12.1. The van der Waals surface area contributed by atoms with Gasteiger partial charge in [-0.25, -0.2) is 4.39 Å². The van der Waals surface area contributed by atoms with Gasteiger partial charge in [-0.3, -0.25) is 9.69 Å². The van der Waals surface area contributed by atoms with E-state index in [1.807, 2.05) is 18.7 Å². The lowest BCUT2D eigenvalue weighted by Gasteiger charge is -2.26. The SMILES string of the molecule is CCN(CC(=O)Nc1ccc(F)c(N)c1)C(C)COC. The molecule has 0 spiro atoms. The van der Waals surface area contributed by atoms with E-state index in [2.05, 4.69) is 5.32 Å². The van der Waals surface area contributed by atoms with Gasteiger partial charge in [0.1, 0.15) is 5.82 Å². The lowest BCUT2D eigenvalue weighted by Crippen LogP contribution is -2.41. The van der Waals surface area contributed by atoms with E-state index in [4.69, 9.17) is 10.5 Å². The smallest absolute Gasteiger partial charge is 0.238 e. The van der Waals surface area contributed by atoms with Crippen LogP contribution in [0, 0.1) is 5.82 Å². The fraction of sp³-hybridized carbons (Fsp3) is 0.500. The molecule has 0 aromatic heterocycles. The van der Waals surface area contributed by atoms with Crippen LogP contribution in [0.3, 0.4) is 0 Å². The van der Waals surface area contributed by atoms with E-state index < -0.39 is 5.82 Å². The molecule has 3 N–H and O–H groups in total. The van der Waals surface area contributed by atoms with Gasteiger partial charge in [0.2, 0.25) is 5.91 Å². The van der Waals surface area contributed by atoms with Crippen LogP contribution in [0.25, 0.3) is 0 Å². The lowest BCUT2D eigenvalue weighted by molar-refractivity contribution is -0.118. The first-order chi connectivity index (χ1) is 9.47. The minimum Gasteiger partial charge on any atom is -0.396 e. The van der Waals surface area contributed by atoms with Crippen molar-refractivity contribution in [3.63, 3.8) is 0 Å². The van der Waals surface area contributed by atoms with Crippen molar-refractivity contribution in [2.75, 3.05) is 37.9 Å². The monoisotopic (exact) mass is 283 g/mol. The van der Waals surface area contributed by atoms with Crippen LogP contribution in [-0.2, 0) is 9.53 Å². The Balaban J connectivity index is 2.59. The molecule has 0 bridgehead atoms. The normalized spacial score (nSPS) is 12.4. The number of hydrogen-bond donors (Lipinski definition) is 2. The molecule has 0 heterocycles. The summed E-state index contributed by atoms with van der Waals surface area (Å²) >= 11 is 0. The van der Waals surface area contributed by atoms with Crippen molar-refractivity contribution in [1.82, 2.24) is 4.90 Å². The summed E-state index contributed by atoms with van der Waals surface area (Å²) in [6.07, 6.45) is 0. The van der Waals surface area contributed by atoms with E-state index >= 15 is 0 Å². The number of likely N-dealkylation sites (N-methyl/N-ethyl adjacent to an activating group) is 1. The number of nitrogens with zero attached hydrogens (tertiary/aromatic N) is 1. The minimum atomic E-state index is -0.494. The third kappa shape index (κ3) is 4.79. The molecule has 1 rings (SSSR count). The van der Waals surface area contributed by atoms with Crippen LogP contribution < -0.4 is 11.1 Å². The molecule has 0 radical (unpaired) electrons. The predicted molar refractivity (Wildman–Crippen MR) is 78.0 cm³/mol. The Hall–Kier alpha value is -1.66. The van der Waals surface area contributed by atoms with Crippen molar-refractivity contribution in [3.8, 4) is 0 Å². The highest BCUT2D eigenvalue weighted by molar-refractivity contribution is 5.92. The van der Waals surface area contributed by atoms with E-state index in [9.17, 15) is 9.18 Å². The fourth-order valence-corrected chi connectivity index (χ4v) is 1.93. The van der Waals surface area contributed by atoms with Crippen LogP contribution in [0.1, 0.15) is 13.8 Å². The maximum Gasteiger partial charge on any atom is 0.238 e. The number of nitrogens with one attached hydrogen (secondary N) is 1. The summed E-state index contributed by atoms with van der Waals surface area (Å²) in [5.41, 5.74) is 5.97. The number of rotatable bonds is 7. The molecule has 0 saturated carbocycles. The third-order valence-corrected chi connectivity index (χ3v) is 3.06. The highest BCUT2D eigenvalue weighted by atomic mass is 19.1. The Kier molecular flexibility index (Phi) is 6.41. The Morgan fingerprint density at radius 1 is 1.55 bits per heavy atom. The number of anilines is 2. The van der Waals surface area contributed by atoms with E-state index in [0.717, 1.165) is 6.54 Å². The molecule has 0 aliphatic rings. The molecular weight excluding hydrogens is 261 g/mol. The van der Waals surface area contributed by atoms with E-state index in [0.29, 0.717) is 12.3 Å². The molecule has 5 nitrogen and oxygen atoms in total. The van der Waals surface area contributed by atoms with Crippen LogP contribution in [0.4, 0.5) is 15.8 Å². The van der Waals surface area contributed by atoms with Crippen molar-refractivity contribution in [1.29, 1.82) is 0 Å². The van der Waals surface area contributed by atoms with E-state index in [-0.39, 0.29) is 24.2 Å². The summed E-state index contributed by atoms with van der Waals surface area (Å²) < 4.78 is 18.1. The van der Waals surface area contributed by atoms with Crippen molar-refractivity contribution < 1.29 is 13.9 Å². The van der Waals surface area contributed by atoms with Crippen LogP contribution in [-0.4, -0.2) is 43.7 Å². The van der Waals surface area contributed by atoms with Crippen molar-refractivity contribution in [2.24, 2.45) is 0 Å². The molecule has 1 unspecified atom stereocenters. The quantitative estimate of drug-likeness (QED) is 0.747. The molecule has 1 aromatic rings. The Morgan fingerprint density at radius 2 is 2.25 bits per heavy atom. The molecule has 112 valence electrons. The number of hydrogen-bond acceptors (Lipinski definition) is 4. The molecule has 0 fully saturated rings. The van der Waals surface area contributed by atoms with Crippen molar-refractivity contribution >= 4 is 17.3 Å². The van der Waals surface area contributed by atoms with Crippen LogP contribution in [0.2, 0.25) is 0 Å². The van der Waals surface area contributed by atoms with Gasteiger partial charge in [-0.2, -0.15) is 0 Å². The number of benzene rings is 1. The Labute approximate surface area is 118 Å². The zero-order valence-electron chi connectivity index (χ0n) is 12.1. The molecule has 0 saturated heterocycles. The number of halogens is 1. The van der Waals surface area contributed by atoms with Gasteiger partial charge in [-0.05, 0) is 31.7 Å². The molecule has 20 heavy (non-hydrogen) atoms. The third-order valence-electron chi connectivity index (χ3n) is 3.06. The largest absolute Gasteiger partial charge is 0.396 e. The highest BCUT2D eigenvalue weighted by Crippen LogP contribution is 2.16.